The van der Waals surface area contributed by atoms with Crippen molar-refractivity contribution in [3.8, 4) is 0 Å². The molecule has 1 heterocycles. The number of hydrogen-bond donors (Lipinski definition) is 3. The molecule has 0 aliphatic carbocycles. The third-order valence-corrected chi connectivity index (χ3v) is 3.71. The van der Waals surface area contributed by atoms with Crippen molar-refractivity contribution in [1.82, 2.24) is 5.43 Å². The number of amidine groups is 1. The Morgan fingerprint density at radius 1 is 1.45 bits per heavy atom. The Kier molecular flexibility index (Phi) is 6.67. The van der Waals surface area contributed by atoms with E-state index in [0.717, 1.165) is 29.6 Å². The maximum absolute atomic E-state index is 12.0. The van der Waals surface area contributed by atoms with Gasteiger partial charge in [0.2, 0.25) is 0 Å². The molecule has 22 heavy (non-hydrogen) atoms. The fourth-order valence-corrected chi connectivity index (χ4v) is 2.32. The van der Waals surface area contributed by atoms with Gasteiger partial charge in [-0.3, -0.25) is 4.99 Å². The zero-order valence-electron chi connectivity index (χ0n) is 12.5. The lowest BCUT2D eigenvalue weighted by Gasteiger charge is -2.07. The lowest BCUT2D eigenvalue weighted by Crippen LogP contribution is -2.80. The van der Waals surface area contributed by atoms with E-state index in [2.05, 4.69) is 31.8 Å². The van der Waals surface area contributed by atoms with E-state index in [1.807, 2.05) is 24.3 Å². The van der Waals surface area contributed by atoms with Crippen LogP contribution in [-0.2, 0) is 14.3 Å². The van der Waals surface area contributed by atoms with Gasteiger partial charge in [-0.25, -0.2) is 10.2 Å². The van der Waals surface area contributed by atoms with Crippen LogP contribution in [0.5, 0.6) is 0 Å². The first kappa shape index (κ1) is 16.8. The highest BCUT2D eigenvalue weighted by Crippen LogP contribution is 2.13. The van der Waals surface area contributed by atoms with Crippen LogP contribution in [0.15, 0.2) is 28.7 Å². The summed E-state index contributed by atoms with van der Waals surface area (Å²) in [4.78, 5) is 15.0. The minimum absolute atomic E-state index is 0.138. The number of hydrazine groups is 1. The molecule has 0 bridgehead atoms. The van der Waals surface area contributed by atoms with Crippen molar-refractivity contribution in [2.45, 2.75) is 25.9 Å². The predicted molar refractivity (Wildman–Crippen MR) is 87.3 cm³/mol. The molecule has 1 aliphatic heterocycles. The van der Waals surface area contributed by atoms with Gasteiger partial charge in [0, 0.05) is 11.1 Å². The highest BCUT2D eigenvalue weighted by atomic mass is 79.9. The van der Waals surface area contributed by atoms with Crippen LogP contribution in [0.1, 0.15) is 19.8 Å². The monoisotopic (exact) mass is 370 g/mol. The van der Waals surface area contributed by atoms with Crippen molar-refractivity contribution in [3.63, 3.8) is 0 Å². The average Bonchev–Trinajstić information content (AvgIpc) is 3.02. The fourth-order valence-electron chi connectivity index (χ4n) is 2.06. The first-order chi connectivity index (χ1) is 10.7. The summed E-state index contributed by atoms with van der Waals surface area (Å²) >= 11 is 3.38. The summed E-state index contributed by atoms with van der Waals surface area (Å²) in [7, 11) is 0. The Morgan fingerprint density at radius 3 is 2.86 bits per heavy atom. The van der Waals surface area contributed by atoms with Gasteiger partial charge in [0.25, 0.3) is 0 Å². The first-order valence-corrected chi connectivity index (χ1v) is 8.15. The van der Waals surface area contributed by atoms with E-state index >= 15 is 0 Å². The van der Waals surface area contributed by atoms with E-state index in [1.165, 1.54) is 0 Å². The van der Waals surface area contributed by atoms with E-state index in [4.69, 9.17) is 9.47 Å². The molecule has 6 nitrogen and oxygen atoms in total. The van der Waals surface area contributed by atoms with Crippen LogP contribution in [0.25, 0.3) is 0 Å². The number of ether oxygens (including phenoxy) is 2. The number of carbonyl (C=O) groups is 1. The molecule has 3 N–H and O–H groups in total. The third kappa shape index (κ3) is 5.31. The van der Waals surface area contributed by atoms with Gasteiger partial charge >= 0.3 is 11.8 Å². The van der Waals surface area contributed by atoms with Crippen LogP contribution < -0.4 is 15.8 Å². The maximum Gasteiger partial charge on any atom is 0.423 e. The Hall–Kier alpha value is -1.60. The molecule has 0 aromatic heterocycles. The van der Waals surface area contributed by atoms with E-state index < -0.39 is 5.97 Å². The number of carbonyl (C=O) groups excluding carboxylic acids is 1. The lowest BCUT2D eigenvalue weighted by molar-refractivity contribution is -0.470. The van der Waals surface area contributed by atoms with Crippen molar-refractivity contribution in [1.29, 1.82) is 0 Å². The quantitative estimate of drug-likeness (QED) is 0.306. The predicted octanol–water partition coefficient (Wildman–Crippen LogP) is 0.587. The highest BCUT2D eigenvalue weighted by molar-refractivity contribution is 9.10. The molecule has 0 unspecified atom stereocenters. The zero-order valence-corrected chi connectivity index (χ0v) is 14.1. The summed E-state index contributed by atoms with van der Waals surface area (Å²) in [6.45, 7) is 3.45. The van der Waals surface area contributed by atoms with Gasteiger partial charge < -0.3 is 9.47 Å². The number of halogens is 1. The van der Waals surface area contributed by atoms with Crippen LogP contribution >= 0.6 is 15.9 Å². The normalized spacial score (nSPS) is 18.1. The smallest absolute Gasteiger partial charge is 0.423 e. The second-order valence-electron chi connectivity index (χ2n) is 4.87. The topological polar surface area (TPSA) is 73.6 Å². The molecule has 0 amide bonds. The largest absolute Gasteiger partial charge is 0.457 e. The van der Waals surface area contributed by atoms with Crippen molar-refractivity contribution >= 4 is 33.4 Å². The van der Waals surface area contributed by atoms with E-state index in [9.17, 15) is 4.79 Å². The Balaban J connectivity index is 1.95. The second-order valence-corrected chi connectivity index (χ2v) is 5.78. The van der Waals surface area contributed by atoms with Gasteiger partial charge in [-0.1, -0.05) is 15.9 Å². The first-order valence-electron chi connectivity index (χ1n) is 7.36. The average molecular weight is 371 g/mol. The van der Waals surface area contributed by atoms with Gasteiger partial charge in [0.1, 0.15) is 6.54 Å². The van der Waals surface area contributed by atoms with E-state index in [-0.39, 0.29) is 11.9 Å². The van der Waals surface area contributed by atoms with Crippen LogP contribution in [0.4, 0.5) is 5.69 Å². The van der Waals surface area contributed by atoms with Crippen LogP contribution in [0, 0.1) is 0 Å². The van der Waals surface area contributed by atoms with Crippen molar-refractivity contribution in [2.24, 2.45) is 0 Å². The Morgan fingerprint density at radius 2 is 2.23 bits per heavy atom. The Bertz CT molecular complexity index is 513. The van der Waals surface area contributed by atoms with Gasteiger partial charge in [-0.2, -0.15) is 5.43 Å². The number of rotatable bonds is 5. The zero-order chi connectivity index (χ0) is 15.8. The summed E-state index contributed by atoms with van der Waals surface area (Å²) in [6, 6.07) is 7.60. The molecule has 1 aromatic rings. The summed E-state index contributed by atoms with van der Waals surface area (Å²) in [5.74, 6) is -0.148. The highest BCUT2D eigenvalue weighted by Gasteiger charge is 2.22. The minimum Gasteiger partial charge on any atom is -0.457 e. The minimum atomic E-state index is -0.426. The number of nitrogens with one attached hydrogen (secondary N) is 3. The van der Waals surface area contributed by atoms with Crippen molar-refractivity contribution < 1.29 is 19.3 Å². The number of benzene rings is 1. The molecule has 0 spiro atoms. The van der Waals surface area contributed by atoms with Gasteiger partial charge in [-0.05, 0) is 44.0 Å². The number of esters is 1. The SMILES string of the molecule is CCOC(=O)C(NNc1ccc(Br)cc1)=[NH+]C[C@@H]1CCCO1. The van der Waals surface area contributed by atoms with Gasteiger partial charge in [0.05, 0.1) is 18.4 Å². The van der Waals surface area contributed by atoms with Crippen molar-refractivity contribution in [3.05, 3.63) is 28.7 Å². The molecule has 7 heteroatoms. The summed E-state index contributed by atoms with van der Waals surface area (Å²) < 4.78 is 11.6. The molecular weight excluding hydrogens is 350 g/mol. The van der Waals surface area contributed by atoms with E-state index in [1.54, 1.807) is 6.92 Å². The van der Waals surface area contributed by atoms with E-state index in [0.29, 0.717) is 13.2 Å². The summed E-state index contributed by atoms with van der Waals surface area (Å²) in [5, 5.41) is 0. The number of hydrogen-bond acceptors (Lipinski definition) is 4. The molecule has 1 aliphatic rings. The lowest BCUT2D eigenvalue weighted by atomic mass is 10.2. The van der Waals surface area contributed by atoms with Crippen molar-refractivity contribution in [2.75, 3.05) is 25.2 Å². The standard InChI is InChI=1S/C15H20BrN3O3/c1-2-21-15(20)14(17-10-13-4-3-9-22-13)19-18-12-7-5-11(16)6-8-12/h5-8,13,18H,2-4,9-10H2,1H3,(H,17,19)/p+1/t13-/m0/s1. The van der Waals surface area contributed by atoms with Gasteiger partial charge in [0.15, 0.2) is 0 Å². The van der Waals surface area contributed by atoms with Crippen LogP contribution in [0.3, 0.4) is 0 Å². The molecule has 1 fully saturated rings. The molecule has 0 saturated carbocycles. The molecule has 120 valence electrons. The Labute approximate surface area is 138 Å². The fraction of sp³-hybridized carbons (Fsp3) is 0.467. The molecule has 1 saturated heterocycles. The summed E-state index contributed by atoms with van der Waals surface area (Å²) in [6.07, 6.45) is 2.20. The second kappa shape index (κ2) is 8.75. The number of anilines is 1. The van der Waals surface area contributed by atoms with Crippen LogP contribution in [-0.4, -0.2) is 37.7 Å². The maximum atomic E-state index is 12.0. The molecule has 1 atom stereocenters. The molecule has 1 aromatic carbocycles. The van der Waals surface area contributed by atoms with Gasteiger partial charge in [-0.15, -0.1) is 0 Å². The molecular formula is C15H21BrN3O3+. The summed E-state index contributed by atoms with van der Waals surface area (Å²) in [5.41, 5.74) is 6.69. The molecule has 0 radical (unpaired) electrons. The third-order valence-electron chi connectivity index (χ3n) is 3.19. The van der Waals surface area contributed by atoms with Crippen LogP contribution in [0.2, 0.25) is 0 Å². The molecule has 2 rings (SSSR count).